The summed E-state index contributed by atoms with van der Waals surface area (Å²) >= 11 is 0. The Labute approximate surface area is 129 Å². The van der Waals surface area contributed by atoms with Crippen LogP contribution in [0.4, 0.5) is 5.95 Å². The van der Waals surface area contributed by atoms with E-state index in [0.717, 1.165) is 43.4 Å². The molecular weight excluding hydrogens is 282 g/mol. The SMILES string of the molecule is CCOc1ccccc1Cn1nnnc1N1CCCOCC1. The van der Waals surface area contributed by atoms with Gasteiger partial charge in [0.1, 0.15) is 5.75 Å². The van der Waals surface area contributed by atoms with Crippen LogP contribution in [0.15, 0.2) is 24.3 Å². The first-order valence-corrected chi connectivity index (χ1v) is 7.68. The maximum Gasteiger partial charge on any atom is 0.245 e. The lowest BCUT2D eigenvalue weighted by Gasteiger charge is -2.20. The molecule has 0 N–H and O–H groups in total. The summed E-state index contributed by atoms with van der Waals surface area (Å²) in [6, 6.07) is 7.99. The Kier molecular flexibility index (Phi) is 4.85. The molecule has 1 aliphatic heterocycles. The molecule has 0 unspecified atom stereocenters. The van der Waals surface area contributed by atoms with Gasteiger partial charge in [-0.05, 0) is 29.8 Å². The average molecular weight is 303 g/mol. The number of ether oxygens (including phenoxy) is 2. The van der Waals surface area contributed by atoms with Crippen molar-refractivity contribution in [2.45, 2.75) is 19.9 Å². The van der Waals surface area contributed by atoms with Gasteiger partial charge >= 0.3 is 0 Å². The van der Waals surface area contributed by atoms with Gasteiger partial charge in [0.25, 0.3) is 0 Å². The Hall–Kier alpha value is -2.15. The zero-order chi connectivity index (χ0) is 15.2. The second kappa shape index (κ2) is 7.22. The summed E-state index contributed by atoms with van der Waals surface area (Å²) in [6.45, 7) is 6.45. The summed E-state index contributed by atoms with van der Waals surface area (Å²) in [5, 5.41) is 12.2. The molecule has 1 saturated heterocycles. The van der Waals surface area contributed by atoms with Gasteiger partial charge in [-0.2, -0.15) is 0 Å². The Morgan fingerprint density at radius 3 is 3.05 bits per heavy atom. The van der Waals surface area contributed by atoms with E-state index >= 15 is 0 Å². The molecular formula is C15H21N5O2. The summed E-state index contributed by atoms with van der Waals surface area (Å²) in [5.74, 6) is 1.67. The van der Waals surface area contributed by atoms with Gasteiger partial charge in [0.05, 0.1) is 19.8 Å². The molecule has 22 heavy (non-hydrogen) atoms. The number of hydrogen-bond donors (Lipinski definition) is 0. The number of rotatable bonds is 5. The first kappa shape index (κ1) is 14.8. The minimum atomic E-state index is 0.593. The predicted octanol–water partition coefficient (Wildman–Crippen LogP) is 1.35. The molecule has 118 valence electrons. The quantitative estimate of drug-likeness (QED) is 0.830. The van der Waals surface area contributed by atoms with Crippen molar-refractivity contribution in [1.82, 2.24) is 20.2 Å². The van der Waals surface area contributed by atoms with Gasteiger partial charge in [0.2, 0.25) is 5.95 Å². The van der Waals surface area contributed by atoms with E-state index < -0.39 is 0 Å². The topological polar surface area (TPSA) is 65.3 Å². The fourth-order valence-electron chi connectivity index (χ4n) is 2.57. The molecule has 3 rings (SSSR count). The molecule has 0 bridgehead atoms. The molecule has 1 fully saturated rings. The smallest absolute Gasteiger partial charge is 0.245 e. The maximum absolute atomic E-state index is 5.68. The molecule has 1 aromatic carbocycles. The molecule has 7 heteroatoms. The Balaban J connectivity index is 1.80. The Morgan fingerprint density at radius 2 is 2.14 bits per heavy atom. The van der Waals surface area contributed by atoms with Crippen LogP contribution in [-0.2, 0) is 11.3 Å². The molecule has 0 aliphatic carbocycles. The second-order valence-electron chi connectivity index (χ2n) is 5.13. The molecule has 1 aliphatic rings. The van der Waals surface area contributed by atoms with Gasteiger partial charge in [-0.1, -0.05) is 23.3 Å². The number of benzene rings is 1. The normalized spacial score (nSPS) is 15.6. The fourth-order valence-corrected chi connectivity index (χ4v) is 2.57. The number of tetrazole rings is 1. The second-order valence-corrected chi connectivity index (χ2v) is 5.13. The molecule has 1 aromatic heterocycles. The minimum absolute atomic E-state index is 0.593. The van der Waals surface area contributed by atoms with E-state index in [1.807, 2.05) is 35.9 Å². The highest BCUT2D eigenvalue weighted by molar-refractivity contribution is 5.35. The van der Waals surface area contributed by atoms with E-state index in [1.54, 1.807) is 0 Å². The van der Waals surface area contributed by atoms with Crippen molar-refractivity contribution in [3.05, 3.63) is 29.8 Å². The van der Waals surface area contributed by atoms with E-state index in [1.165, 1.54) is 0 Å². The van der Waals surface area contributed by atoms with Crippen LogP contribution in [0.2, 0.25) is 0 Å². The van der Waals surface area contributed by atoms with Crippen LogP contribution >= 0.6 is 0 Å². The van der Waals surface area contributed by atoms with Gasteiger partial charge in [-0.3, -0.25) is 0 Å². The highest BCUT2D eigenvalue weighted by Gasteiger charge is 2.17. The molecule has 0 radical (unpaired) electrons. The Bertz CT molecular complexity index is 593. The van der Waals surface area contributed by atoms with Crippen molar-refractivity contribution in [2.75, 3.05) is 37.8 Å². The third kappa shape index (κ3) is 3.36. The van der Waals surface area contributed by atoms with Crippen LogP contribution in [0.5, 0.6) is 5.75 Å². The van der Waals surface area contributed by atoms with Gasteiger partial charge in [-0.25, -0.2) is 4.68 Å². The molecule has 0 atom stereocenters. The van der Waals surface area contributed by atoms with Crippen molar-refractivity contribution in [1.29, 1.82) is 0 Å². The first-order valence-electron chi connectivity index (χ1n) is 7.68. The van der Waals surface area contributed by atoms with Crippen LogP contribution in [0.25, 0.3) is 0 Å². The van der Waals surface area contributed by atoms with Gasteiger partial charge in [0, 0.05) is 25.3 Å². The molecule has 0 amide bonds. The lowest BCUT2D eigenvalue weighted by atomic mass is 10.2. The zero-order valence-electron chi connectivity index (χ0n) is 12.8. The summed E-state index contributed by atoms with van der Waals surface area (Å²) in [7, 11) is 0. The maximum atomic E-state index is 5.68. The van der Waals surface area contributed by atoms with Crippen LogP contribution in [0, 0.1) is 0 Å². The summed E-state index contributed by atoms with van der Waals surface area (Å²) < 4.78 is 13.0. The van der Waals surface area contributed by atoms with Crippen LogP contribution in [0.1, 0.15) is 18.9 Å². The molecule has 0 saturated carbocycles. The van der Waals surface area contributed by atoms with Crippen molar-refractivity contribution >= 4 is 5.95 Å². The minimum Gasteiger partial charge on any atom is -0.494 e. The zero-order valence-corrected chi connectivity index (χ0v) is 12.8. The first-order chi connectivity index (χ1) is 10.9. The predicted molar refractivity (Wildman–Crippen MR) is 82.2 cm³/mol. The van der Waals surface area contributed by atoms with Gasteiger partial charge in [-0.15, -0.1) is 0 Å². The Morgan fingerprint density at radius 1 is 1.23 bits per heavy atom. The van der Waals surface area contributed by atoms with E-state index in [0.29, 0.717) is 19.8 Å². The van der Waals surface area contributed by atoms with E-state index in [9.17, 15) is 0 Å². The number of nitrogens with zero attached hydrogens (tertiary/aromatic N) is 5. The van der Waals surface area contributed by atoms with Crippen LogP contribution in [-0.4, -0.2) is 53.1 Å². The number of aromatic nitrogens is 4. The fraction of sp³-hybridized carbons (Fsp3) is 0.533. The molecule has 2 aromatic rings. The number of anilines is 1. The van der Waals surface area contributed by atoms with Crippen molar-refractivity contribution in [3.63, 3.8) is 0 Å². The van der Waals surface area contributed by atoms with Crippen LogP contribution in [0.3, 0.4) is 0 Å². The highest BCUT2D eigenvalue weighted by Crippen LogP contribution is 2.21. The largest absolute Gasteiger partial charge is 0.494 e. The molecule has 7 nitrogen and oxygen atoms in total. The van der Waals surface area contributed by atoms with Gasteiger partial charge < -0.3 is 14.4 Å². The molecule has 0 spiro atoms. The van der Waals surface area contributed by atoms with Gasteiger partial charge in [0.15, 0.2) is 0 Å². The summed E-state index contributed by atoms with van der Waals surface area (Å²) in [4.78, 5) is 2.18. The number of para-hydroxylation sites is 1. The monoisotopic (exact) mass is 303 g/mol. The number of hydrogen-bond acceptors (Lipinski definition) is 6. The third-order valence-electron chi connectivity index (χ3n) is 3.61. The van der Waals surface area contributed by atoms with Crippen molar-refractivity contribution < 1.29 is 9.47 Å². The van der Waals surface area contributed by atoms with Crippen molar-refractivity contribution in [3.8, 4) is 5.75 Å². The van der Waals surface area contributed by atoms with E-state index in [2.05, 4.69) is 20.4 Å². The third-order valence-corrected chi connectivity index (χ3v) is 3.61. The summed E-state index contributed by atoms with van der Waals surface area (Å²) in [6.07, 6.45) is 0.988. The lowest BCUT2D eigenvalue weighted by Crippen LogP contribution is -2.29. The highest BCUT2D eigenvalue weighted by atomic mass is 16.5. The van der Waals surface area contributed by atoms with E-state index in [4.69, 9.17) is 9.47 Å². The van der Waals surface area contributed by atoms with E-state index in [-0.39, 0.29) is 0 Å². The van der Waals surface area contributed by atoms with Crippen molar-refractivity contribution in [2.24, 2.45) is 0 Å². The molecule has 2 heterocycles. The summed E-state index contributed by atoms with van der Waals surface area (Å²) in [5.41, 5.74) is 1.07. The van der Waals surface area contributed by atoms with Crippen LogP contribution < -0.4 is 9.64 Å². The average Bonchev–Trinajstić information content (AvgIpc) is 2.82. The standard InChI is InChI=1S/C15H21N5O2/c1-2-22-14-7-4-3-6-13(14)12-20-15(16-17-18-20)19-8-5-10-21-11-9-19/h3-4,6-7H,2,5,8-12H2,1H3. The lowest BCUT2D eigenvalue weighted by molar-refractivity contribution is 0.152.